The highest BCUT2D eigenvalue weighted by Crippen LogP contribution is 2.46. The Balaban J connectivity index is 1.18. The van der Waals surface area contributed by atoms with Gasteiger partial charge in [-0.15, -0.1) is 6.58 Å². The lowest BCUT2D eigenvalue weighted by molar-refractivity contribution is 0.669. The van der Waals surface area contributed by atoms with Crippen LogP contribution in [0, 0.1) is 5.92 Å². The summed E-state index contributed by atoms with van der Waals surface area (Å²) in [6.45, 7) is 3.89. The maximum atomic E-state index is 9.75. The predicted molar refractivity (Wildman–Crippen MR) is 237 cm³/mol. The normalized spacial score (nSPS) is 17.0. The van der Waals surface area contributed by atoms with E-state index in [-0.39, 0.29) is 41.7 Å². The predicted octanol–water partition coefficient (Wildman–Crippen LogP) is 15.0. The number of nitrogens with zero attached hydrogens (tertiary/aromatic N) is 1. The van der Waals surface area contributed by atoms with Gasteiger partial charge in [0.1, 0.15) is 11.2 Å². The van der Waals surface area contributed by atoms with Gasteiger partial charge in [-0.2, -0.15) is 0 Å². The Morgan fingerprint density at radius 3 is 2.27 bits per heavy atom. The zero-order chi connectivity index (χ0) is 40.9. The van der Waals surface area contributed by atoms with Gasteiger partial charge >= 0.3 is 0 Å². The topological polar surface area (TPSA) is 16.4 Å². The van der Waals surface area contributed by atoms with Crippen LogP contribution in [0.15, 0.2) is 217 Å². The van der Waals surface area contributed by atoms with Gasteiger partial charge in [0.05, 0.1) is 11.2 Å². The summed E-state index contributed by atoms with van der Waals surface area (Å²) in [5.41, 5.74) is 9.80. The highest BCUT2D eigenvalue weighted by atomic mass is 16.3. The standard InChI is InChI=1S/C54H41NO/c1-2-3-13-37-14-10-19-41(34-37)38-26-30-44(31-27-38)55(45-32-28-40(29-33-45)47-22-11-18-39-15-6-7-20-46(39)47)51-24-9-8-21-48(51)49-23-12-25-52-54(49)50-35-42-16-4-5-17-43(42)36-53(50)56-52/h2,4-12,14-36,46-47H,1,3,13H2/i28D,29D,32D,33D. The first-order valence-corrected chi connectivity index (χ1v) is 19.3. The van der Waals surface area contributed by atoms with Gasteiger partial charge in [-0.1, -0.05) is 152 Å². The maximum Gasteiger partial charge on any atom is 0.136 e. The molecule has 0 amide bonds. The van der Waals surface area contributed by atoms with Gasteiger partial charge < -0.3 is 9.32 Å². The first-order valence-electron chi connectivity index (χ1n) is 21.3. The number of hydrogen-bond donors (Lipinski definition) is 0. The molecule has 1 aromatic heterocycles. The average molecular weight is 724 g/mol. The summed E-state index contributed by atoms with van der Waals surface area (Å²) in [7, 11) is 0. The second-order valence-corrected chi connectivity index (χ2v) is 14.5. The Morgan fingerprint density at radius 2 is 1.41 bits per heavy atom. The fourth-order valence-corrected chi connectivity index (χ4v) is 8.34. The van der Waals surface area contributed by atoms with Gasteiger partial charge in [0.2, 0.25) is 0 Å². The van der Waals surface area contributed by atoms with Crippen molar-refractivity contribution in [3.8, 4) is 22.3 Å². The zero-order valence-corrected chi connectivity index (χ0v) is 30.9. The van der Waals surface area contributed by atoms with E-state index >= 15 is 0 Å². The minimum Gasteiger partial charge on any atom is -0.456 e. The van der Waals surface area contributed by atoms with Crippen molar-refractivity contribution in [3.05, 3.63) is 223 Å². The third-order valence-electron chi connectivity index (χ3n) is 11.1. The van der Waals surface area contributed by atoms with Crippen LogP contribution in [-0.2, 0) is 6.42 Å². The first kappa shape index (κ1) is 29.5. The fourth-order valence-electron chi connectivity index (χ4n) is 8.34. The van der Waals surface area contributed by atoms with E-state index in [1.807, 2.05) is 89.9 Å². The fraction of sp³-hybridized carbons (Fsp3) is 0.0741. The summed E-state index contributed by atoms with van der Waals surface area (Å²) in [6.07, 6.45) is 17.9. The summed E-state index contributed by atoms with van der Waals surface area (Å²) >= 11 is 0. The van der Waals surface area contributed by atoms with E-state index in [0.717, 1.165) is 79.1 Å². The average Bonchev–Trinajstić information content (AvgIpc) is 3.66. The van der Waals surface area contributed by atoms with Crippen LogP contribution in [0.2, 0.25) is 0 Å². The van der Waals surface area contributed by atoms with E-state index in [2.05, 4.69) is 97.6 Å². The Hall–Kier alpha value is -6.90. The number of benzene rings is 7. The monoisotopic (exact) mass is 723 g/mol. The second-order valence-electron chi connectivity index (χ2n) is 14.5. The SMILES string of the molecule is [2H]c1c([2H])c(N(c2ccc(-c3cccc(CCC=C)c3)cc2)c2ccccc2-c2cccc3oc4cc5ccccc5cc4c23)c([2H])c([2H])c1C1C=CC=C2C=CC=CC21. The summed E-state index contributed by atoms with van der Waals surface area (Å²) < 4.78 is 45.2. The van der Waals surface area contributed by atoms with Crippen LogP contribution < -0.4 is 4.90 Å². The lowest BCUT2D eigenvalue weighted by Crippen LogP contribution is -2.15. The highest BCUT2D eigenvalue weighted by molar-refractivity contribution is 6.16. The van der Waals surface area contributed by atoms with Gasteiger partial charge in [-0.05, 0) is 105 Å². The molecule has 56 heavy (non-hydrogen) atoms. The van der Waals surface area contributed by atoms with Crippen LogP contribution in [-0.4, -0.2) is 0 Å². The molecule has 8 aromatic rings. The van der Waals surface area contributed by atoms with Crippen LogP contribution >= 0.6 is 0 Å². The van der Waals surface area contributed by atoms with E-state index in [1.54, 1.807) is 0 Å². The van der Waals surface area contributed by atoms with Crippen molar-refractivity contribution in [2.45, 2.75) is 18.8 Å². The molecule has 2 unspecified atom stereocenters. The van der Waals surface area contributed by atoms with Crippen LogP contribution in [0.25, 0.3) is 55.0 Å². The summed E-state index contributed by atoms with van der Waals surface area (Å²) in [5.74, 6) is -0.432. The molecule has 10 rings (SSSR count). The number of para-hydroxylation sites is 1. The zero-order valence-electron chi connectivity index (χ0n) is 34.9. The molecule has 0 saturated heterocycles. The number of hydrogen-bond acceptors (Lipinski definition) is 2. The molecule has 2 atom stereocenters. The van der Waals surface area contributed by atoms with Crippen molar-refractivity contribution < 1.29 is 9.90 Å². The molecule has 0 radical (unpaired) electrons. The van der Waals surface area contributed by atoms with Gasteiger partial charge in [-0.3, -0.25) is 0 Å². The molecular weight excluding hydrogens is 679 g/mol. The van der Waals surface area contributed by atoms with Crippen molar-refractivity contribution in [2.24, 2.45) is 5.92 Å². The molecule has 0 N–H and O–H groups in total. The molecule has 7 aromatic carbocycles. The van der Waals surface area contributed by atoms with Crippen molar-refractivity contribution >= 4 is 49.8 Å². The van der Waals surface area contributed by atoms with E-state index in [4.69, 9.17) is 4.42 Å². The molecule has 268 valence electrons. The van der Waals surface area contributed by atoms with E-state index in [1.165, 1.54) is 5.56 Å². The van der Waals surface area contributed by atoms with Gasteiger partial charge in [0.25, 0.3) is 0 Å². The summed E-state index contributed by atoms with van der Waals surface area (Å²) in [5, 5.41) is 4.18. The third kappa shape index (κ3) is 6.10. The van der Waals surface area contributed by atoms with E-state index in [9.17, 15) is 5.48 Å². The number of aryl methyl sites for hydroxylation is 1. The third-order valence-corrected chi connectivity index (χ3v) is 11.1. The smallest absolute Gasteiger partial charge is 0.136 e. The van der Waals surface area contributed by atoms with Crippen LogP contribution in [0.3, 0.4) is 0 Å². The number of fused-ring (bicyclic) bond motifs is 5. The van der Waals surface area contributed by atoms with Gasteiger partial charge in [-0.25, -0.2) is 0 Å². The molecule has 0 bridgehead atoms. The van der Waals surface area contributed by atoms with Gasteiger partial charge in [0.15, 0.2) is 0 Å². The Kier molecular flexibility index (Phi) is 7.57. The molecule has 0 saturated carbocycles. The maximum absolute atomic E-state index is 9.75. The minimum atomic E-state index is -0.348. The van der Waals surface area contributed by atoms with E-state index in [0.29, 0.717) is 11.3 Å². The molecular formula is C54H41NO. The molecule has 2 aliphatic rings. The number of rotatable bonds is 9. The number of allylic oxidation sites excluding steroid dienone is 9. The summed E-state index contributed by atoms with van der Waals surface area (Å²) in [6, 6.07) is 43.1. The second kappa shape index (κ2) is 14.4. The number of anilines is 3. The molecule has 2 aliphatic carbocycles. The largest absolute Gasteiger partial charge is 0.456 e. The Bertz CT molecular complexity index is 3100. The van der Waals surface area contributed by atoms with E-state index < -0.39 is 0 Å². The van der Waals surface area contributed by atoms with Crippen molar-refractivity contribution in [1.29, 1.82) is 0 Å². The number of furan rings is 1. The lowest BCUT2D eigenvalue weighted by Gasteiger charge is -2.30. The Labute approximate surface area is 334 Å². The van der Waals surface area contributed by atoms with Crippen LogP contribution in [0.1, 0.15) is 28.9 Å². The van der Waals surface area contributed by atoms with Gasteiger partial charge in [0, 0.05) is 39.5 Å². The Morgan fingerprint density at radius 1 is 0.643 bits per heavy atom. The van der Waals surface area contributed by atoms with Crippen molar-refractivity contribution in [1.82, 2.24) is 0 Å². The summed E-state index contributed by atoms with van der Waals surface area (Å²) in [4.78, 5) is 1.91. The minimum absolute atomic E-state index is 0.0462. The lowest BCUT2D eigenvalue weighted by atomic mass is 9.76. The van der Waals surface area contributed by atoms with Crippen molar-refractivity contribution in [2.75, 3.05) is 4.90 Å². The molecule has 2 heteroatoms. The molecule has 2 nitrogen and oxygen atoms in total. The molecule has 0 aliphatic heterocycles. The molecule has 0 fully saturated rings. The quantitative estimate of drug-likeness (QED) is 0.138. The first-order chi connectivity index (χ1) is 29.4. The molecule has 1 heterocycles. The van der Waals surface area contributed by atoms with Crippen LogP contribution in [0.4, 0.5) is 17.1 Å². The van der Waals surface area contributed by atoms with Crippen molar-refractivity contribution in [3.63, 3.8) is 0 Å². The molecule has 0 spiro atoms. The highest BCUT2D eigenvalue weighted by Gasteiger charge is 2.25. The van der Waals surface area contributed by atoms with Crippen LogP contribution in [0.5, 0.6) is 0 Å².